The van der Waals surface area contributed by atoms with Crippen molar-refractivity contribution < 1.29 is 4.39 Å². The van der Waals surface area contributed by atoms with Crippen LogP contribution < -0.4 is 4.90 Å². The van der Waals surface area contributed by atoms with Crippen LogP contribution in [0.5, 0.6) is 0 Å². The lowest BCUT2D eigenvalue weighted by Crippen LogP contribution is -2.22. The van der Waals surface area contributed by atoms with Gasteiger partial charge in [0, 0.05) is 11.9 Å². The van der Waals surface area contributed by atoms with E-state index in [-0.39, 0.29) is 10.5 Å². The van der Waals surface area contributed by atoms with Gasteiger partial charge in [0.2, 0.25) is 0 Å². The molecular weight excluding hydrogens is 327 g/mol. The Morgan fingerprint density at radius 1 is 1.42 bits per heavy atom. The summed E-state index contributed by atoms with van der Waals surface area (Å²) in [5.74, 6) is -0.398. The van der Waals surface area contributed by atoms with Crippen molar-refractivity contribution >= 4 is 33.0 Å². The summed E-state index contributed by atoms with van der Waals surface area (Å²) in [6.07, 6.45) is 0. The summed E-state index contributed by atoms with van der Waals surface area (Å²) in [7, 11) is 1.85. The van der Waals surface area contributed by atoms with Gasteiger partial charge in [0.15, 0.2) is 5.82 Å². The molecule has 0 aliphatic carbocycles. The molecule has 0 bridgehead atoms. The van der Waals surface area contributed by atoms with E-state index in [0.29, 0.717) is 11.3 Å². The summed E-state index contributed by atoms with van der Waals surface area (Å²) in [6, 6.07) is 9.31. The second-order valence-corrected chi connectivity index (χ2v) is 5.95. The Balaban J connectivity index is 2.37. The Morgan fingerprint density at radius 2 is 2.16 bits per heavy atom. The molecular formula is C14H12BrFN2S. The Labute approximate surface area is 124 Å². The third-order valence-electron chi connectivity index (χ3n) is 3.10. The van der Waals surface area contributed by atoms with Crippen LogP contribution >= 0.6 is 27.3 Å². The second-order valence-electron chi connectivity index (χ2n) is 4.17. The number of nitriles is 1. The summed E-state index contributed by atoms with van der Waals surface area (Å²) >= 11 is 4.78. The molecule has 0 N–H and O–H groups in total. The van der Waals surface area contributed by atoms with Crippen LogP contribution in [0.4, 0.5) is 10.1 Å². The van der Waals surface area contributed by atoms with Crippen LogP contribution in [0.1, 0.15) is 23.4 Å². The second kappa shape index (κ2) is 5.72. The van der Waals surface area contributed by atoms with Gasteiger partial charge < -0.3 is 4.90 Å². The topological polar surface area (TPSA) is 27.0 Å². The molecule has 0 fully saturated rings. The Bertz CT molecular complexity index is 619. The van der Waals surface area contributed by atoms with Crippen molar-refractivity contribution in [2.45, 2.75) is 13.0 Å². The van der Waals surface area contributed by atoms with E-state index in [1.807, 2.05) is 42.5 Å². The minimum absolute atomic E-state index is 0.0781. The van der Waals surface area contributed by atoms with Gasteiger partial charge in [0.25, 0.3) is 0 Å². The van der Waals surface area contributed by atoms with Crippen molar-refractivity contribution in [1.82, 2.24) is 0 Å². The minimum atomic E-state index is -0.398. The van der Waals surface area contributed by atoms with E-state index < -0.39 is 5.82 Å². The first-order chi connectivity index (χ1) is 9.06. The van der Waals surface area contributed by atoms with Crippen molar-refractivity contribution in [2.24, 2.45) is 0 Å². The summed E-state index contributed by atoms with van der Waals surface area (Å²) in [5, 5.41) is 10.9. The van der Waals surface area contributed by atoms with Crippen molar-refractivity contribution in [1.29, 1.82) is 5.26 Å². The molecule has 0 saturated carbocycles. The largest absolute Gasteiger partial charge is 0.365 e. The number of hydrogen-bond donors (Lipinski definition) is 0. The maximum absolute atomic E-state index is 14.3. The quantitative estimate of drug-likeness (QED) is 0.809. The highest BCUT2D eigenvalue weighted by atomic mass is 79.9. The van der Waals surface area contributed by atoms with Crippen LogP contribution in [0.15, 0.2) is 34.1 Å². The van der Waals surface area contributed by atoms with Crippen molar-refractivity contribution in [3.05, 3.63) is 50.4 Å². The number of halogens is 2. The SMILES string of the molecule is CC(c1cccs1)N(C)c1ccc(C#N)c(Br)c1F. The van der Waals surface area contributed by atoms with Crippen LogP contribution in [0.3, 0.4) is 0 Å². The molecule has 98 valence electrons. The number of nitrogens with zero attached hydrogens (tertiary/aromatic N) is 2. The number of hydrogen-bond acceptors (Lipinski definition) is 3. The minimum Gasteiger partial charge on any atom is -0.365 e. The molecule has 5 heteroatoms. The Morgan fingerprint density at radius 3 is 2.74 bits per heavy atom. The van der Waals surface area contributed by atoms with E-state index >= 15 is 0 Å². The standard InChI is InChI=1S/C14H12BrFN2S/c1-9(12-4-3-7-19-12)18(2)11-6-5-10(8-17)13(15)14(11)16/h3-7,9H,1-2H3. The van der Waals surface area contributed by atoms with E-state index in [2.05, 4.69) is 15.9 Å². The van der Waals surface area contributed by atoms with Crippen molar-refractivity contribution in [3.8, 4) is 6.07 Å². The lowest BCUT2D eigenvalue weighted by Gasteiger charge is -2.27. The molecule has 1 aromatic heterocycles. The number of anilines is 1. The van der Waals surface area contributed by atoms with Crippen molar-refractivity contribution in [3.63, 3.8) is 0 Å². The molecule has 2 rings (SSSR count). The molecule has 0 radical (unpaired) electrons. The zero-order valence-corrected chi connectivity index (χ0v) is 12.9. The number of thiophene rings is 1. The van der Waals surface area contributed by atoms with Gasteiger partial charge in [0.1, 0.15) is 6.07 Å². The third-order valence-corrected chi connectivity index (χ3v) is 4.92. The van der Waals surface area contributed by atoms with Crippen LogP contribution in [0.2, 0.25) is 0 Å². The first-order valence-electron chi connectivity index (χ1n) is 5.70. The molecule has 0 spiro atoms. The summed E-state index contributed by atoms with van der Waals surface area (Å²) in [6.45, 7) is 2.03. The van der Waals surface area contributed by atoms with Gasteiger partial charge in [-0.3, -0.25) is 0 Å². The van der Waals surface area contributed by atoms with Crippen LogP contribution in [0, 0.1) is 17.1 Å². The Kier molecular flexibility index (Phi) is 4.23. The average molecular weight is 339 g/mol. The van der Waals surface area contributed by atoms with Crippen LogP contribution in [-0.4, -0.2) is 7.05 Å². The molecule has 19 heavy (non-hydrogen) atoms. The number of benzene rings is 1. The first kappa shape index (κ1) is 14.0. The zero-order chi connectivity index (χ0) is 14.0. The van der Waals surface area contributed by atoms with Gasteiger partial charge >= 0.3 is 0 Å². The van der Waals surface area contributed by atoms with Gasteiger partial charge in [-0.25, -0.2) is 4.39 Å². The molecule has 1 heterocycles. The van der Waals surface area contributed by atoms with Crippen LogP contribution in [0.25, 0.3) is 0 Å². The highest BCUT2D eigenvalue weighted by molar-refractivity contribution is 9.10. The highest BCUT2D eigenvalue weighted by Gasteiger charge is 2.19. The fourth-order valence-corrected chi connectivity index (χ4v) is 3.08. The van der Waals surface area contributed by atoms with E-state index in [4.69, 9.17) is 5.26 Å². The predicted molar refractivity (Wildman–Crippen MR) is 80.0 cm³/mol. The van der Waals surface area contributed by atoms with E-state index in [9.17, 15) is 4.39 Å². The Hall–Kier alpha value is -1.38. The van der Waals surface area contributed by atoms with Gasteiger partial charge in [-0.05, 0) is 46.4 Å². The van der Waals surface area contributed by atoms with E-state index in [1.165, 1.54) is 4.88 Å². The maximum Gasteiger partial charge on any atom is 0.161 e. The smallest absolute Gasteiger partial charge is 0.161 e. The van der Waals surface area contributed by atoms with Gasteiger partial charge in [-0.2, -0.15) is 5.26 Å². The molecule has 0 saturated heterocycles. The lowest BCUT2D eigenvalue weighted by atomic mass is 10.1. The predicted octanol–water partition coefficient (Wildman–Crippen LogP) is 4.72. The molecule has 1 aromatic carbocycles. The van der Waals surface area contributed by atoms with Gasteiger partial charge in [-0.15, -0.1) is 11.3 Å². The molecule has 2 nitrogen and oxygen atoms in total. The lowest BCUT2D eigenvalue weighted by molar-refractivity contribution is 0.606. The number of rotatable bonds is 3. The maximum atomic E-state index is 14.3. The van der Waals surface area contributed by atoms with E-state index in [1.54, 1.807) is 23.5 Å². The fourth-order valence-electron chi connectivity index (χ4n) is 1.83. The summed E-state index contributed by atoms with van der Waals surface area (Å²) < 4.78 is 14.5. The third kappa shape index (κ3) is 2.65. The monoisotopic (exact) mass is 338 g/mol. The molecule has 0 amide bonds. The van der Waals surface area contributed by atoms with Crippen LogP contribution in [-0.2, 0) is 0 Å². The molecule has 2 aromatic rings. The summed E-state index contributed by atoms with van der Waals surface area (Å²) in [4.78, 5) is 3.04. The summed E-state index contributed by atoms with van der Waals surface area (Å²) in [5.41, 5.74) is 0.783. The average Bonchev–Trinajstić information content (AvgIpc) is 2.94. The highest BCUT2D eigenvalue weighted by Crippen LogP contribution is 2.33. The van der Waals surface area contributed by atoms with Crippen molar-refractivity contribution in [2.75, 3.05) is 11.9 Å². The van der Waals surface area contributed by atoms with E-state index in [0.717, 1.165) is 0 Å². The molecule has 1 atom stereocenters. The van der Waals surface area contributed by atoms with Gasteiger partial charge in [-0.1, -0.05) is 6.07 Å². The fraction of sp³-hybridized carbons (Fsp3) is 0.214. The molecule has 0 aliphatic rings. The normalized spacial score (nSPS) is 11.9. The first-order valence-corrected chi connectivity index (χ1v) is 7.38. The zero-order valence-electron chi connectivity index (χ0n) is 10.5. The molecule has 1 unspecified atom stereocenters. The van der Waals surface area contributed by atoms with Gasteiger partial charge in [0.05, 0.1) is 21.8 Å². The molecule has 0 aliphatic heterocycles.